The number of fused-ring (bicyclic) bond motifs is 6. The molecule has 0 saturated heterocycles. The van der Waals surface area contributed by atoms with Gasteiger partial charge in [0.1, 0.15) is 11.4 Å². The van der Waals surface area contributed by atoms with E-state index in [1.807, 2.05) is 26.0 Å². The average molecular weight is 1090 g/mol. The van der Waals surface area contributed by atoms with Gasteiger partial charge >= 0.3 is 5.97 Å². The zero-order valence-corrected chi connectivity index (χ0v) is 50.8. The van der Waals surface area contributed by atoms with Gasteiger partial charge in [-0.1, -0.05) is 210 Å². The molecule has 0 bridgehead atoms. The molecule has 10 nitrogen and oxygen atoms in total. The van der Waals surface area contributed by atoms with Gasteiger partial charge in [-0.05, 0) is 149 Å². The second-order valence-corrected chi connectivity index (χ2v) is 20.9. The van der Waals surface area contributed by atoms with Crippen LogP contribution in [0.15, 0.2) is 100.0 Å². The largest absolute Gasteiger partial charge is 0.411 e. The SMILES string of the molecule is CCCCC(=O)Cl.CCCCC(=O)O/N=C(/C)C(=O)c1ccc2c(c1)C(CCCC)(CCCC)c1ccccc1-2.CCCCC1(CCCC)c2ccccc2-c2ccc(C(=O)/C(C)=N\O)cc21.CCN(CC)CC.CN=P. The minimum absolute atomic E-state index is 0.0293. The van der Waals surface area contributed by atoms with Crippen molar-refractivity contribution in [1.29, 1.82) is 0 Å². The van der Waals surface area contributed by atoms with Crippen LogP contribution in [0, 0.1) is 0 Å². The summed E-state index contributed by atoms with van der Waals surface area (Å²) in [5.74, 6) is -0.806. The predicted molar refractivity (Wildman–Crippen MR) is 326 cm³/mol. The molecule has 0 fully saturated rings. The van der Waals surface area contributed by atoms with E-state index in [0.717, 1.165) is 103 Å². The van der Waals surface area contributed by atoms with Gasteiger partial charge in [0, 0.05) is 41.8 Å². The highest BCUT2D eigenvalue weighted by molar-refractivity contribution is 7.03. The number of halogens is 1. The van der Waals surface area contributed by atoms with Crippen LogP contribution < -0.4 is 0 Å². The number of oxime groups is 2. The molecule has 77 heavy (non-hydrogen) atoms. The molecule has 0 radical (unpaired) electrons. The van der Waals surface area contributed by atoms with Crippen LogP contribution in [-0.2, 0) is 25.3 Å². The molecule has 0 aliphatic heterocycles. The fourth-order valence-electron chi connectivity index (χ4n) is 10.4. The fraction of sp³-hybridized carbons (Fsp3) is 0.538. The van der Waals surface area contributed by atoms with E-state index in [1.165, 1.54) is 64.1 Å². The maximum absolute atomic E-state index is 13.2. The van der Waals surface area contributed by atoms with Crippen molar-refractivity contribution in [2.45, 2.75) is 203 Å². The smallest absolute Gasteiger partial charge is 0.335 e. The molecule has 0 heterocycles. The van der Waals surface area contributed by atoms with E-state index in [2.05, 4.69) is 150 Å². The van der Waals surface area contributed by atoms with Crippen LogP contribution in [0.2, 0.25) is 0 Å². The lowest BCUT2D eigenvalue weighted by atomic mass is 9.70. The van der Waals surface area contributed by atoms with Crippen molar-refractivity contribution in [3.8, 4) is 22.3 Å². The zero-order chi connectivity index (χ0) is 57.4. The van der Waals surface area contributed by atoms with Crippen molar-refractivity contribution >= 4 is 54.8 Å². The van der Waals surface area contributed by atoms with Crippen molar-refractivity contribution in [2.75, 3.05) is 26.7 Å². The Morgan fingerprint density at radius 3 is 1.21 bits per heavy atom. The van der Waals surface area contributed by atoms with Gasteiger partial charge in [-0.25, -0.2) is 4.79 Å². The van der Waals surface area contributed by atoms with Crippen LogP contribution >= 0.6 is 20.6 Å². The van der Waals surface area contributed by atoms with Gasteiger partial charge < -0.3 is 14.9 Å². The standard InChI is InChI=1S/C29H37NO3.C24H29NO2.C6H15N.C5H9ClO.CH4NP/c1-5-8-15-27(31)33-30-21(4)28(32)22-16-17-24-23-13-11-12-14-25(23)29(18-9-6-2,19-10-7-3)26(24)20-22;1-4-6-14-24(15-7-5-2)21-11-9-8-10-19(21)20-13-12-18(16-22(20)24)23(26)17(3)25-27;1-4-7(5-2)6-3;1-2-3-4-5(6)7;1-2-3/h11-14,16-17,20H,5-10,15,18-19H2,1-4H3;8-13,16,27H,4-7,14-15H2,1-3H3;4-6H2,1-3H3;2-4H2,1H3;3H,1H3/b30-21-;25-17-;;;. The van der Waals surface area contributed by atoms with Crippen LogP contribution in [0.25, 0.3) is 22.3 Å². The lowest BCUT2D eigenvalue weighted by Gasteiger charge is -2.32. The number of hydrogen-bond acceptors (Lipinski definition) is 10. The molecule has 4 aromatic carbocycles. The molecule has 6 rings (SSSR count). The zero-order valence-electron chi connectivity index (χ0n) is 49.1. The van der Waals surface area contributed by atoms with Gasteiger partial charge in [0.25, 0.3) is 0 Å². The van der Waals surface area contributed by atoms with Gasteiger partial charge in [0.2, 0.25) is 16.8 Å². The van der Waals surface area contributed by atoms with Crippen molar-refractivity contribution in [3.05, 3.63) is 118 Å². The van der Waals surface area contributed by atoms with E-state index >= 15 is 0 Å². The van der Waals surface area contributed by atoms with Crippen LogP contribution in [0.1, 0.15) is 235 Å². The number of unbranched alkanes of at least 4 members (excludes halogenated alkanes) is 6. The second kappa shape index (κ2) is 36.9. The second-order valence-electron chi connectivity index (χ2n) is 20.1. The van der Waals surface area contributed by atoms with Gasteiger partial charge in [-0.3, -0.25) is 19.1 Å². The average Bonchev–Trinajstić information content (AvgIpc) is 3.91. The summed E-state index contributed by atoms with van der Waals surface area (Å²) in [6.45, 7) is 26.3. The summed E-state index contributed by atoms with van der Waals surface area (Å²) < 4.78 is 3.31. The Morgan fingerprint density at radius 2 is 0.883 bits per heavy atom. The summed E-state index contributed by atoms with van der Waals surface area (Å²) in [7, 11) is 4.47. The molecular formula is C65H94ClN4O6P. The maximum atomic E-state index is 13.2. The Morgan fingerprint density at radius 1 is 0.532 bits per heavy atom. The Bertz CT molecular complexity index is 2510. The third-order valence-corrected chi connectivity index (χ3v) is 15.0. The molecule has 1 N–H and O–H groups in total. The molecule has 0 atom stereocenters. The van der Waals surface area contributed by atoms with E-state index in [-0.39, 0.29) is 39.1 Å². The van der Waals surface area contributed by atoms with E-state index in [0.29, 0.717) is 24.0 Å². The number of ketones is 2. The summed E-state index contributed by atoms with van der Waals surface area (Å²) >= 11 is 5.02. The fourth-order valence-corrected chi connectivity index (χ4v) is 10.5. The summed E-state index contributed by atoms with van der Waals surface area (Å²) in [5, 5.41) is 15.7. The quantitative estimate of drug-likeness (QED) is 0.0126. The van der Waals surface area contributed by atoms with Crippen LogP contribution in [0.3, 0.4) is 0 Å². The number of carbonyl (C=O) groups is 4. The van der Waals surface area contributed by atoms with Gasteiger partial charge in [0.15, 0.2) is 0 Å². The third kappa shape index (κ3) is 19.3. The molecule has 0 amide bonds. The number of benzene rings is 4. The molecule has 12 heteroatoms. The molecule has 422 valence electrons. The Hall–Kier alpha value is -5.15. The van der Waals surface area contributed by atoms with Crippen LogP contribution in [-0.4, -0.2) is 71.0 Å². The van der Waals surface area contributed by atoms with Crippen LogP contribution in [0.4, 0.5) is 0 Å². The van der Waals surface area contributed by atoms with Crippen LogP contribution in [0.5, 0.6) is 0 Å². The minimum atomic E-state index is -0.397. The highest BCUT2D eigenvalue weighted by atomic mass is 35.5. The first-order valence-electron chi connectivity index (χ1n) is 28.8. The Kier molecular flexibility index (Phi) is 32.5. The summed E-state index contributed by atoms with van der Waals surface area (Å²) in [5.41, 5.74) is 11.8. The molecule has 0 saturated carbocycles. The molecule has 2 aliphatic rings. The first-order valence-corrected chi connectivity index (χ1v) is 29.6. The Labute approximate surface area is 471 Å². The molecule has 0 unspecified atom stereocenters. The highest BCUT2D eigenvalue weighted by Crippen LogP contribution is 2.55. The van der Waals surface area contributed by atoms with Crippen molar-refractivity contribution < 1.29 is 29.2 Å². The normalized spacial score (nSPS) is 13.1. The first kappa shape index (κ1) is 68.0. The number of carbonyl (C=O) groups excluding carboxylic acids is 4. The summed E-state index contributed by atoms with van der Waals surface area (Å²) in [6, 6.07) is 29.4. The van der Waals surface area contributed by atoms with Crippen molar-refractivity contribution in [2.24, 2.45) is 15.1 Å². The topological polar surface area (TPSA) is 138 Å². The highest BCUT2D eigenvalue weighted by Gasteiger charge is 2.43. The van der Waals surface area contributed by atoms with E-state index in [4.69, 9.17) is 21.6 Å². The van der Waals surface area contributed by atoms with Gasteiger partial charge in [0.05, 0.1) is 0 Å². The summed E-state index contributed by atoms with van der Waals surface area (Å²) in [4.78, 5) is 54.9. The third-order valence-electron chi connectivity index (χ3n) is 14.8. The molecule has 0 aromatic heterocycles. The maximum Gasteiger partial charge on any atom is 0.335 e. The molecule has 2 aliphatic carbocycles. The lowest BCUT2D eigenvalue weighted by molar-refractivity contribution is -0.143. The van der Waals surface area contributed by atoms with Gasteiger partial charge in [-0.15, -0.1) is 0 Å². The minimum Gasteiger partial charge on any atom is -0.411 e. The number of hydrogen-bond donors (Lipinski definition) is 1. The first-order chi connectivity index (χ1) is 37.1. The number of nitrogens with zero attached hydrogens (tertiary/aromatic N) is 4. The number of rotatable bonds is 26. The molecule has 0 spiro atoms. The van der Waals surface area contributed by atoms with Gasteiger partial charge in [-0.2, -0.15) is 0 Å². The molecular weight excluding hydrogens is 999 g/mol. The Balaban J connectivity index is 0.000000409. The summed E-state index contributed by atoms with van der Waals surface area (Å²) in [6.07, 6.45) is 18.0. The predicted octanol–water partition coefficient (Wildman–Crippen LogP) is 18.2. The number of Topliss-reactive ketones (excluding diaryl/α,β-unsaturated/α-hetero) is 2. The van der Waals surface area contributed by atoms with E-state index < -0.39 is 5.97 Å². The van der Waals surface area contributed by atoms with Crippen molar-refractivity contribution in [1.82, 2.24) is 4.90 Å². The molecule has 4 aromatic rings. The van der Waals surface area contributed by atoms with E-state index in [1.54, 1.807) is 20.9 Å². The monoisotopic (exact) mass is 1090 g/mol. The van der Waals surface area contributed by atoms with Crippen molar-refractivity contribution in [3.63, 3.8) is 0 Å². The lowest BCUT2D eigenvalue weighted by Crippen LogP contribution is -2.26. The van der Waals surface area contributed by atoms with E-state index in [9.17, 15) is 19.2 Å².